The third-order valence-electron chi connectivity index (χ3n) is 4.92. The van der Waals surface area contributed by atoms with E-state index in [1.165, 1.54) is 28.8 Å². The fraction of sp³-hybridized carbons (Fsp3) is 0.208. The number of benzene rings is 3. The molecule has 0 radical (unpaired) electrons. The lowest BCUT2D eigenvalue weighted by Crippen LogP contribution is -2.24. The van der Waals surface area contributed by atoms with Gasteiger partial charge in [0, 0.05) is 18.8 Å². The van der Waals surface area contributed by atoms with Gasteiger partial charge in [-0.2, -0.15) is 0 Å². The van der Waals surface area contributed by atoms with Crippen molar-refractivity contribution in [3.8, 4) is 0 Å². The molecule has 0 saturated heterocycles. The Morgan fingerprint density at radius 3 is 2.25 bits per heavy atom. The van der Waals surface area contributed by atoms with E-state index < -0.39 is 0 Å². The van der Waals surface area contributed by atoms with Gasteiger partial charge in [0.25, 0.3) is 0 Å². The van der Waals surface area contributed by atoms with Crippen molar-refractivity contribution < 1.29 is 9.18 Å². The first-order chi connectivity index (χ1) is 13.5. The first-order valence-corrected chi connectivity index (χ1v) is 9.40. The predicted molar refractivity (Wildman–Crippen MR) is 112 cm³/mol. The van der Waals surface area contributed by atoms with Crippen LogP contribution < -0.4 is 10.6 Å². The van der Waals surface area contributed by atoms with Crippen LogP contribution in [0.15, 0.2) is 66.7 Å². The van der Waals surface area contributed by atoms with E-state index >= 15 is 0 Å². The number of nitrogens with one attached hydrogen (secondary N) is 2. The average Bonchev–Trinajstić information content (AvgIpc) is 2.70. The van der Waals surface area contributed by atoms with E-state index in [9.17, 15) is 9.18 Å². The monoisotopic (exact) mass is 376 g/mol. The topological polar surface area (TPSA) is 41.1 Å². The molecule has 0 atom stereocenters. The van der Waals surface area contributed by atoms with E-state index in [4.69, 9.17) is 0 Å². The molecule has 1 amide bonds. The molecule has 0 bridgehead atoms. The van der Waals surface area contributed by atoms with Gasteiger partial charge in [-0.25, -0.2) is 4.39 Å². The lowest BCUT2D eigenvalue weighted by Gasteiger charge is -2.11. The number of carbonyl (C=O) groups excluding carboxylic acids is 1. The molecule has 4 heteroatoms. The summed E-state index contributed by atoms with van der Waals surface area (Å²) < 4.78 is 12.9. The molecule has 3 aromatic carbocycles. The molecule has 144 valence electrons. The van der Waals surface area contributed by atoms with Gasteiger partial charge in [-0.3, -0.25) is 4.79 Å². The summed E-state index contributed by atoms with van der Waals surface area (Å²) in [6, 6.07) is 20.4. The van der Waals surface area contributed by atoms with E-state index in [1.54, 1.807) is 12.1 Å². The molecule has 3 aromatic rings. The van der Waals surface area contributed by atoms with Crippen LogP contribution in [0.3, 0.4) is 0 Å². The number of carbonyl (C=O) groups is 1. The molecule has 0 aliphatic carbocycles. The van der Waals surface area contributed by atoms with Gasteiger partial charge in [0.1, 0.15) is 5.82 Å². The Morgan fingerprint density at radius 1 is 0.857 bits per heavy atom. The Morgan fingerprint density at radius 2 is 1.54 bits per heavy atom. The van der Waals surface area contributed by atoms with Gasteiger partial charge in [0.05, 0.1) is 6.42 Å². The zero-order valence-corrected chi connectivity index (χ0v) is 16.3. The molecule has 0 heterocycles. The largest absolute Gasteiger partial charge is 0.381 e. The number of hydrogen-bond acceptors (Lipinski definition) is 2. The second-order valence-corrected chi connectivity index (χ2v) is 6.99. The van der Waals surface area contributed by atoms with Crippen LogP contribution in [0.4, 0.5) is 10.1 Å². The van der Waals surface area contributed by atoms with Crippen LogP contribution in [-0.4, -0.2) is 5.91 Å². The Labute approximate surface area is 165 Å². The maximum atomic E-state index is 12.9. The zero-order chi connectivity index (χ0) is 19.9. The van der Waals surface area contributed by atoms with Crippen LogP contribution >= 0.6 is 0 Å². The van der Waals surface area contributed by atoms with Gasteiger partial charge < -0.3 is 10.6 Å². The fourth-order valence-corrected chi connectivity index (χ4v) is 2.99. The molecule has 0 aliphatic heterocycles. The van der Waals surface area contributed by atoms with Gasteiger partial charge >= 0.3 is 0 Å². The van der Waals surface area contributed by atoms with E-state index in [2.05, 4.69) is 42.7 Å². The van der Waals surface area contributed by atoms with Crippen molar-refractivity contribution in [1.29, 1.82) is 0 Å². The number of aryl methyl sites for hydroxylation is 1. The first-order valence-electron chi connectivity index (χ1n) is 9.40. The smallest absolute Gasteiger partial charge is 0.224 e. The third-order valence-corrected chi connectivity index (χ3v) is 4.92. The van der Waals surface area contributed by atoms with Crippen molar-refractivity contribution in [2.75, 3.05) is 5.32 Å². The second-order valence-electron chi connectivity index (χ2n) is 6.99. The van der Waals surface area contributed by atoms with E-state index in [1.807, 2.05) is 24.3 Å². The Kier molecular flexibility index (Phi) is 6.43. The molecule has 28 heavy (non-hydrogen) atoms. The molecule has 0 aromatic heterocycles. The SMILES string of the molecule is Cc1cccc(CNc2ccc(CC(=O)NCc3ccc(F)cc3)cc2)c1C. The highest BCUT2D eigenvalue weighted by atomic mass is 19.1. The van der Waals surface area contributed by atoms with Crippen LogP contribution in [-0.2, 0) is 24.3 Å². The minimum Gasteiger partial charge on any atom is -0.381 e. The van der Waals surface area contributed by atoms with Crippen LogP contribution in [0.2, 0.25) is 0 Å². The molecule has 0 saturated carbocycles. The van der Waals surface area contributed by atoms with E-state index in [-0.39, 0.29) is 11.7 Å². The summed E-state index contributed by atoms with van der Waals surface area (Å²) in [5.41, 5.74) is 6.74. The quantitative estimate of drug-likeness (QED) is 0.615. The van der Waals surface area contributed by atoms with Crippen LogP contribution in [0, 0.1) is 19.7 Å². The zero-order valence-electron chi connectivity index (χ0n) is 16.3. The third kappa shape index (κ3) is 5.43. The van der Waals surface area contributed by atoms with Crippen molar-refractivity contribution in [2.45, 2.75) is 33.4 Å². The minimum absolute atomic E-state index is 0.0552. The molecule has 0 fully saturated rings. The molecular weight excluding hydrogens is 351 g/mol. The van der Waals surface area contributed by atoms with Crippen LogP contribution in [0.5, 0.6) is 0 Å². The molecule has 3 nitrogen and oxygen atoms in total. The summed E-state index contributed by atoms with van der Waals surface area (Å²) in [7, 11) is 0. The summed E-state index contributed by atoms with van der Waals surface area (Å²) in [5, 5.41) is 6.29. The summed E-state index contributed by atoms with van der Waals surface area (Å²) in [6.45, 7) is 5.42. The lowest BCUT2D eigenvalue weighted by molar-refractivity contribution is -0.120. The van der Waals surface area contributed by atoms with E-state index in [0.717, 1.165) is 23.4 Å². The molecule has 0 unspecified atom stereocenters. The average molecular weight is 376 g/mol. The van der Waals surface area contributed by atoms with Gasteiger partial charge in [0.2, 0.25) is 5.91 Å². The highest BCUT2D eigenvalue weighted by molar-refractivity contribution is 5.78. The normalized spacial score (nSPS) is 10.5. The number of hydrogen-bond donors (Lipinski definition) is 2. The maximum Gasteiger partial charge on any atom is 0.224 e. The van der Waals surface area contributed by atoms with Crippen molar-refractivity contribution in [3.63, 3.8) is 0 Å². The van der Waals surface area contributed by atoms with Gasteiger partial charge in [-0.15, -0.1) is 0 Å². The Hall–Kier alpha value is -3.14. The summed E-state index contributed by atoms with van der Waals surface area (Å²) in [4.78, 5) is 12.1. The number of amides is 1. The molecule has 2 N–H and O–H groups in total. The summed E-state index contributed by atoms with van der Waals surface area (Å²) in [5.74, 6) is -0.332. The van der Waals surface area contributed by atoms with Crippen molar-refractivity contribution in [3.05, 3.63) is 100 Å². The minimum atomic E-state index is -0.277. The molecule has 0 spiro atoms. The van der Waals surface area contributed by atoms with E-state index in [0.29, 0.717) is 13.0 Å². The maximum absolute atomic E-state index is 12.9. The molecule has 3 rings (SSSR count). The fourth-order valence-electron chi connectivity index (χ4n) is 2.99. The number of rotatable bonds is 7. The summed E-state index contributed by atoms with van der Waals surface area (Å²) >= 11 is 0. The standard InChI is InChI=1S/C24H25FN2O/c1-17-4-3-5-21(18(17)2)16-26-23-12-8-19(9-13-23)14-24(28)27-15-20-6-10-22(25)11-7-20/h3-13,26H,14-16H2,1-2H3,(H,27,28). The van der Waals surface area contributed by atoms with Crippen molar-refractivity contribution >= 4 is 11.6 Å². The Balaban J connectivity index is 1.49. The second kappa shape index (κ2) is 9.18. The van der Waals surface area contributed by atoms with Crippen LogP contribution in [0.25, 0.3) is 0 Å². The highest BCUT2D eigenvalue weighted by Crippen LogP contribution is 2.16. The highest BCUT2D eigenvalue weighted by Gasteiger charge is 2.05. The number of halogens is 1. The van der Waals surface area contributed by atoms with Gasteiger partial charge in [-0.1, -0.05) is 42.5 Å². The van der Waals surface area contributed by atoms with Gasteiger partial charge in [-0.05, 0) is 65.9 Å². The predicted octanol–water partition coefficient (Wildman–Crippen LogP) is 4.91. The van der Waals surface area contributed by atoms with Crippen LogP contribution in [0.1, 0.15) is 27.8 Å². The first kappa shape index (κ1) is 19.6. The van der Waals surface area contributed by atoms with Crippen molar-refractivity contribution in [1.82, 2.24) is 5.32 Å². The Bertz CT molecular complexity index is 934. The molecular formula is C24H25FN2O. The molecule has 0 aliphatic rings. The van der Waals surface area contributed by atoms with Crippen molar-refractivity contribution in [2.24, 2.45) is 0 Å². The lowest BCUT2D eigenvalue weighted by atomic mass is 10.0. The number of anilines is 1. The van der Waals surface area contributed by atoms with Gasteiger partial charge in [0.15, 0.2) is 0 Å². The summed E-state index contributed by atoms with van der Waals surface area (Å²) in [6.07, 6.45) is 0.318.